The molecule has 0 amide bonds. The number of nitrogens with zero attached hydrogens (tertiary/aromatic N) is 3. The predicted octanol–water partition coefficient (Wildman–Crippen LogP) is 1.13. The van der Waals surface area contributed by atoms with Crippen LogP contribution < -0.4 is 4.74 Å². The maximum atomic E-state index is 11.0. The Morgan fingerprint density at radius 3 is 2.88 bits per heavy atom. The first-order chi connectivity index (χ1) is 7.61. The summed E-state index contributed by atoms with van der Waals surface area (Å²) in [5, 5.41) is 9.00. The van der Waals surface area contributed by atoms with Gasteiger partial charge >= 0.3 is 5.97 Å². The van der Waals surface area contributed by atoms with Crippen molar-refractivity contribution in [1.29, 1.82) is 0 Å². The van der Waals surface area contributed by atoms with Crippen LogP contribution in [0.2, 0.25) is 0 Å². The summed E-state index contributed by atoms with van der Waals surface area (Å²) < 4.78 is 6.74. The van der Waals surface area contributed by atoms with Crippen molar-refractivity contribution >= 4 is 11.7 Å². The number of fused-ring (bicyclic) bond motifs is 1. The lowest BCUT2D eigenvalue weighted by molar-refractivity contribution is 0.0691. The monoisotopic (exact) mass is 221 g/mol. The largest absolute Gasteiger partial charge is 0.477 e. The Balaban J connectivity index is 2.64. The van der Waals surface area contributed by atoms with E-state index in [1.165, 1.54) is 6.20 Å². The molecule has 0 bridgehead atoms. The van der Waals surface area contributed by atoms with Gasteiger partial charge in [0.2, 0.25) is 11.7 Å². The molecular weight excluding hydrogens is 210 g/mol. The zero-order valence-corrected chi connectivity index (χ0v) is 8.97. The minimum atomic E-state index is -1.07. The quantitative estimate of drug-likeness (QED) is 0.840. The Bertz CT molecular complexity index is 547. The summed E-state index contributed by atoms with van der Waals surface area (Å²) >= 11 is 0. The topological polar surface area (TPSA) is 76.7 Å². The van der Waals surface area contributed by atoms with Crippen molar-refractivity contribution in [2.24, 2.45) is 0 Å². The number of aryl methyl sites for hydroxylation is 1. The third-order valence-corrected chi connectivity index (χ3v) is 2.04. The van der Waals surface area contributed by atoms with Crippen molar-refractivity contribution < 1.29 is 14.6 Å². The van der Waals surface area contributed by atoms with Gasteiger partial charge < -0.3 is 9.84 Å². The first-order valence-corrected chi connectivity index (χ1v) is 4.84. The molecule has 2 aromatic heterocycles. The Labute approximate surface area is 91.5 Å². The molecule has 0 aromatic carbocycles. The van der Waals surface area contributed by atoms with Crippen LogP contribution in [0.1, 0.15) is 23.0 Å². The van der Waals surface area contributed by atoms with E-state index in [4.69, 9.17) is 9.84 Å². The second-order valence-corrected chi connectivity index (χ2v) is 3.29. The van der Waals surface area contributed by atoms with E-state index in [-0.39, 0.29) is 11.4 Å². The average Bonchev–Trinajstić information content (AvgIpc) is 2.56. The van der Waals surface area contributed by atoms with E-state index in [0.29, 0.717) is 12.4 Å². The van der Waals surface area contributed by atoms with Gasteiger partial charge in [0, 0.05) is 12.4 Å². The molecule has 2 heterocycles. The van der Waals surface area contributed by atoms with Crippen LogP contribution >= 0.6 is 0 Å². The lowest BCUT2D eigenvalue weighted by atomic mass is 10.3. The predicted molar refractivity (Wildman–Crippen MR) is 55.9 cm³/mol. The number of imidazole rings is 1. The molecule has 0 aliphatic rings. The third kappa shape index (κ3) is 1.69. The van der Waals surface area contributed by atoms with E-state index >= 15 is 0 Å². The highest BCUT2D eigenvalue weighted by atomic mass is 16.5. The highest BCUT2D eigenvalue weighted by molar-refractivity contribution is 5.90. The minimum Gasteiger partial charge on any atom is -0.477 e. The summed E-state index contributed by atoms with van der Waals surface area (Å²) in [5.74, 6) is -0.525. The van der Waals surface area contributed by atoms with Crippen LogP contribution in [-0.4, -0.2) is 32.1 Å². The molecule has 2 rings (SSSR count). The van der Waals surface area contributed by atoms with Crippen molar-refractivity contribution in [3.05, 3.63) is 23.7 Å². The Kier molecular flexibility index (Phi) is 2.47. The molecule has 2 aromatic rings. The SMILES string of the molecule is CCOc1nc2nc(C)cn2cc1C(=O)O. The molecule has 6 nitrogen and oxygen atoms in total. The van der Waals surface area contributed by atoms with Gasteiger partial charge in [-0.25, -0.2) is 9.78 Å². The summed E-state index contributed by atoms with van der Waals surface area (Å²) in [4.78, 5) is 19.2. The van der Waals surface area contributed by atoms with Gasteiger partial charge in [-0.2, -0.15) is 4.98 Å². The molecule has 16 heavy (non-hydrogen) atoms. The van der Waals surface area contributed by atoms with Gasteiger partial charge in [-0.1, -0.05) is 0 Å². The fraction of sp³-hybridized carbons (Fsp3) is 0.300. The van der Waals surface area contributed by atoms with Gasteiger partial charge in [0.1, 0.15) is 5.56 Å². The van der Waals surface area contributed by atoms with Gasteiger partial charge in [0.15, 0.2) is 0 Å². The van der Waals surface area contributed by atoms with Crippen LogP contribution in [0.4, 0.5) is 0 Å². The van der Waals surface area contributed by atoms with Crippen molar-refractivity contribution in [3.63, 3.8) is 0 Å². The van der Waals surface area contributed by atoms with Gasteiger partial charge in [0.25, 0.3) is 0 Å². The second kappa shape index (κ2) is 3.80. The van der Waals surface area contributed by atoms with Gasteiger partial charge in [-0.05, 0) is 13.8 Å². The second-order valence-electron chi connectivity index (χ2n) is 3.29. The minimum absolute atomic E-state index is 0.0340. The first kappa shape index (κ1) is 10.4. The van der Waals surface area contributed by atoms with E-state index in [9.17, 15) is 4.79 Å². The number of rotatable bonds is 3. The molecule has 0 aliphatic carbocycles. The third-order valence-electron chi connectivity index (χ3n) is 2.04. The molecule has 0 aliphatic heterocycles. The molecule has 1 N–H and O–H groups in total. The van der Waals surface area contributed by atoms with Gasteiger partial charge in [0.05, 0.1) is 12.3 Å². The van der Waals surface area contributed by atoms with E-state index < -0.39 is 5.97 Å². The standard InChI is InChI=1S/C10H11N3O3/c1-3-16-8-7(9(14)15)5-13-4-6(2)11-10(13)12-8/h4-5H,3H2,1-2H3,(H,14,15). The number of carbonyl (C=O) groups is 1. The van der Waals surface area contributed by atoms with Crippen LogP contribution in [0.5, 0.6) is 5.88 Å². The van der Waals surface area contributed by atoms with E-state index in [1.807, 2.05) is 6.92 Å². The molecule has 0 unspecified atom stereocenters. The lowest BCUT2D eigenvalue weighted by Crippen LogP contribution is -2.07. The summed E-state index contributed by atoms with van der Waals surface area (Å²) in [6.07, 6.45) is 3.17. The molecular formula is C10H11N3O3. The van der Waals surface area contributed by atoms with Crippen LogP contribution in [-0.2, 0) is 0 Å². The molecule has 0 atom stereocenters. The number of ether oxygens (including phenoxy) is 1. The van der Waals surface area contributed by atoms with Crippen molar-refractivity contribution in [3.8, 4) is 5.88 Å². The number of carboxylic acid groups (broad SMARTS) is 1. The molecule has 0 radical (unpaired) electrons. The normalized spacial score (nSPS) is 10.6. The Hall–Kier alpha value is -2.11. The van der Waals surface area contributed by atoms with Crippen LogP contribution in [0.15, 0.2) is 12.4 Å². The fourth-order valence-electron chi connectivity index (χ4n) is 1.42. The maximum absolute atomic E-state index is 11.0. The molecule has 0 saturated carbocycles. The summed E-state index contributed by atoms with van der Waals surface area (Å²) in [5.41, 5.74) is 0.809. The number of aromatic nitrogens is 3. The highest BCUT2D eigenvalue weighted by Crippen LogP contribution is 2.17. The Morgan fingerprint density at radius 2 is 2.25 bits per heavy atom. The van der Waals surface area contributed by atoms with E-state index in [1.54, 1.807) is 17.5 Å². The fourth-order valence-corrected chi connectivity index (χ4v) is 1.42. The van der Waals surface area contributed by atoms with Crippen LogP contribution in [0.25, 0.3) is 5.78 Å². The molecule has 0 spiro atoms. The zero-order valence-electron chi connectivity index (χ0n) is 8.97. The maximum Gasteiger partial charge on any atom is 0.342 e. The van der Waals surface area contributed by atoms with Gasteiger partial charge in [-0.3, -0.25) is 4.40 Å². The van der Waals surface area contributed by atoms with Crippen molar-refractivity contribution in [1.82, 2.24) is 14.4 Å². The summed E-state index contributed by atoms with van der Waals surface area (Å²) in [6, 6.07) is 0. The summed E-state index contributed by atoms with van der Waals surface area (Å²) in [6.45, 7) is 3.95. The molecule has 84 valence electrons. The number of hydrogen-bond donors (Lipinski definition) is 1. The van der Waals surface area contributed by atoms with E-state index in [2.05, 4.69) is 9.97 Å². The first-order valence-electron chi connectivity index (χ1n) is 4.84. The molecule has 0 saturated heterocycles. The number of carboxylic acids is 1. The van der Waals surface area contributed by atoms with Gasteiger partial charge in [-0.15, -0.1) is 0 Å². The van der Waals surface area contributed by atoms with Crippen molar-refractivity contribution in [2.75, 3.05) is 6.61 Å². The average molecular weight is 221 g/mol. The number of aromatic carboxylic acids is 1. The zero-order chi connectivity index (χ0) is 11.7. The van der Waals surface area contributed by atoms with Crippen LogP contribution in [0.3, 0.4) is 0 Å². The van der Waals surface area contributed by atoms with Crippen molar-refractivity contribution in [2.45, 2.75) is 13.8 Å². The molecule has 6 heteroatoms. The summed E-state index contributed by atoms with van der Waals surface area (Å²) in [7, 11) is 0. The lowest BCUT2D eigenvalue weighted by Gasteiger charge is -2.05. The highest BCUT2D eigenvalue weighted by Gasteiger charge is 2.15. The van der Waals surface area contributed by atoms with E-state index in [0.717, 1.165) is 5.69 Å². The smallest absolute Gasteiger partial charge is 0.342 e. The molecule has 0 fully saturated rings. The Morgan fingerprint density at radius 1 is 1.50 bits per heavy atom. The van der Waals surface area contributed by atoms with Crippen LogP contribution in [0, 0.1) is 6.92 Å². The number of hydrogen-bond acceptors (Lipinski definition) is 4.